The molecule has 2 atom stereocenters. The van der Waals surface area contributed by atoms with Gasteiger partial charge in [0, 0.05) is 5.75 Å². The first-order valence-electron chi connectivity index (χ1n) is 9.82. The zero-order valence-corrected chi connectivity index (χ0v) is 20.1. The van der Waals surface area contributed by atoms with Crippen LogP contribution in [0.3, 0.4) is 0 Å². The number of rotatable bonds is 14. The van der Waals surface area contributed by atoms with E-state index in [0.717, 1.165) is 30.2 Å². The van der Waals surface area contributed by atoms with Gasteiger partial charge in [-0.25, -0.2) is 0 Å². The molecule has 0 aromatic rings. The quantitative estimate of drug-likeness (QED) is 0.172. The van der Waals surface area contributed by atoms with Crippen molar-refractivity contribution in [3.63, 3.8) is 0 Å². The van der Waals surface area contributed by atoms with E-state index in [-0.39, 0.29) is 0 Å². The lowest BCUT2D eigenvalue weighted by Gasteiger charge is -2.25. The maximum atomic E-state index is 6.60. The molecule has 0 fully saturated rings. The zero-order valence-electron chi connectivity index (χ0n) is 16.7. The van der Waals surface area contributed by atoms with Crippen molar-refractivity contribution in [2.45, 2.75) is 72.1 Å². The van der Waals surface area contributed by atoms with Gasteiger partial charge in [0.2, 0.25) is 12.2 Å². The number of nitrogens with zero attached hydrogens (tertiary/aromatic N) is 2. The zero-order chi connectivity index (χ0) is 19.4. The van der Waals surface area contributed by atoms with Gasteiger partial charge in [-0.05, 0) is 36.2 Å². The number of quaternary nitrogens is 1. The van der Waals surface area contributed by atoms with E-state index in [0.29, 0.717) is 22.1 Å². The second-order valence-corrected chi connectivity index (χ2v) is 10.3. The molecule has 4 nitrogen and oxygen atoms in total. The highest BCUT2D eigenvalue weighted by Gasteiger charge is 2.41. The van der Waals surface area contributed by atoms with Crippen LogP contribution in [0.15, 0.2) is 15.2 Å². The van der Waals surface area contributed by atoms with Gasteiger partial charge in [0.1, 0.15) is 6.54 Å². The smallest absolute Gasteiger partial charge is 0.298 e. The molecular weight excluding hydrogens is 407 g/mol. The van der Waals surface area contributed by atoms with Gasteiger partial charge >= 0.3 is 0 Å². The molecule has 26 heavy (non-hydrogen) atoms. The molecule has 0 aromatic carbocycles. The Labute approximate surface area is 174 Å². The van der Waals surface area contributed by atoms with Crippen LogP contribution in [0.4, 0.5) is 0 Å². The molecule has 0 amide bonds. The largest absolute Gasteiger partial charge is 0.422 e. The van der Waals surface area contributed by atoms with Gasteiger partial charge in [-0.1, -0.05) is 76.2 Å². The predicted octanol–water partition coefficient (Wildman–Crippen LogP) is 6.62. The normalized spacial score (nSPS) is 21.2. The molecule has 1 rings (SSSR count). The van der Waals surface area contributed by atoms with Gasteiger partial charge in [-0.15, -0.1) is 0 Å². The van der Waals surface area contributed by atoms with E-state index in [1.807, 2.05) is 0 Å². The second-order valence-electron chi connectivity index (χ2n) is 6.64. The topological polar surface area (TPSA) is 30.8 Å². The third-order valence-electron chi connectivity index (χ3n) is 4.25. The number of thioether (sulfide) groups is 1. The van der Waals surface area contributed by atoms with E-state index in [9.17, 15) is 0 Å². The van der Waals surface area contributed by atoms with Gasteiger partial charge in [-0.3, -0.25) is 0 Å². The van der Waals surface area contributed by atoms with E-state index >= 15 is 0 Å². The van der Waals surface area contributed by atoms with Crippen molar-refractivity contribution in [3.05, 3.63) is 10.1 Å². The fourth-order valence-electron chi connectivity index (χ4n) is 2.79. The van der Waals surface area contributed by atoms with Gasteiger partial charge < -0.3 is 9.05 Å². The van der Waals surface area contributed by atoms with E-state index in [1.54, 1.807) is 11.8 Å². The van der Waals surface area contributed by atoms with E-state index < -0.39 is 7.15 Å². The Balaban J connectivity index is 2.64. The summed E-state index contributed by atoms with van der Waals surface area (Å²) < 4.78 is 12.0. The fourth-order valence-corrected chi connectivity index (χ4v) is 5.33. The molecule has 0 aromatic heterocycles. The third-order valence-corrected chi connectivity index (χ3v) is 7.27. The highest BCUT2D eigenvalue weighted by Crippen LogP contribution is 2.41. The van der Waals surface area contributed by atoms with Gasteiger partial charge in [0.15, 0.2) is 5.03 Å². The lowest BCUT2D eigenvalue weighted by atomic mass is 10.2. The summed E-state index contributed by atoms with van der Waals surface area (Å²) in [7, 11) is 0.308. The molecule has 152 valence electrons. The Morgan fingerprint density at radius 3 is 2.35 bits per heavy atom. The van der Waals surface area contributed by atoms with Crippen molar-refractivity contribution in [3.8, 4) is 0 Å². The van der Waals surface area contributed by atoms with E-state index in [1.165, 1.54) is 38.5 Å². The standard InChI is InChI=1S/C18H35ClN2O2PS2/c1-5-8-10-12-14-21(4)18(26-7-3)16(19)17(20-21)23-24(25)22-15-13-11-9-6-2/h24H,5-15H2,1-4H3/q+1. The number of hydrogen-bond acceptors (Lipinski definition) is 5. The number of halogens is 1. The summed E-state index contributed by atoms with van der Waals surface area (Å²) >= 11 is 13.7. The van der Waals surface area contributed by atoms with Crippen LogP contribution in [0, 0.1) is 0 Å². The minimum atomic E-state index is -1.79. The summed E-state index contributed by atoms with van der Waals surface area (Å²) in [6.45, 7) is 8.14. The molecule has 0 saturated carbocycles. The average Bonchev–Trinajstić information content (AvgIpc) is 2.83. The molecule has 0 N–H and O–H groups in total. The summed E-state index contributed by atoms with van der Waals surface area (Å²) in [4.78, 5) is 0. The second kappa shape index (κ2) is 13.6. The van der Waals surface area contributed by atoms with Crippen molar-refractivity contribution in [1.29, 1.82) is 0 Å². The summed E-state index contributed by atoms with van der Waals surface area (Å²) in [5, 5.41) is 6.45. The molecule has 1 heterocycles. The van der Waals surface area contributed by atoms with Crippen molar-refractivity contribution >= 4 is 48.2 Å². The van der Waals surface area contributed by atoms with Crippen molar-refractivity contribution < 1.29 is 13.6 Å². The molecule has 8 heteroatoms. The third kappa shape index (κ3) is 8.20. The minimum Gasteiger partial charge on any atom is -0.422 e. The average molecular weight is 442 g/mol. The Bertz CT molecular complexity index is 517. The lowest BCUT2D eigenvalue weighted by Crippen LogP contribution is -2.35. The first kappa shape index (κ1) is 24.5. The van der Waals surface area contributed by atoms with Crippen LogP contribution in [-0.2, 0) is 20.9 Å². The van der Waals surface area contributed by atoms with Gasteiger partial charge in [0.25, 0.3) is 5.90 Å². The summed E-state index contributed by atoms with van der Waals surface area (Å²) in [5.74, 6) is 1.43. The highest BCUT2D eigenvalue weighted by atomic mass is 35.5. The van der Waals surface area contributed by atoms with Crippen LogP contribution >= 0.6 is 30.5 Å². The van der Waals surface area contributed by atoms with Crippen molar-refractivity contribution in [2.75, 3.05) is 26.0 Å². The van der Waals surface area contributed by atoms with Crippen LogP contribution < -0.4 is 0 Å². The first-order chi connectivity index (χ1) is 12.5. The van der Waals surface area contributed by atoms with Crippen molar-refractivity contribution in [2.24, 2.45) is 5.10 Å². The maximum absolute atomic E-state index is 6.60. The first-order valence-corrected chi connectivity index (χ1v) is 13.6. The van der Waals surface area contributed by atoms with E-state index in [2.05, 4.69) is 27.8 Å². The summed E-state index contributed by atoms with van der Waals surface area (Å²) in [5.41, 5.74) is 0. The lowest BCUT2D eigenvalue weighted by molar-refractivity contribution is -0.869. The van der Waals surface area contributed by atoms with Gasteiger partial charge in [-0.2, -0.15) is 4.59 Å². The van der Waals surface area contributed by atoms with Crippen LogP contribution in [0.25, 0.3) is 0 Å². The van der Waals surface area contributed by atoms with Crippen molar-refractivity contribution in [1.82, 2.24) is 0 Å². The maximum Gasteiger partial charge on any atom is 0.298 e. The molecule has 1 aliphatic heterocycles. The molecule has 0 bridgehead atoms. The molecule has 0 radical (unpaired) electrons. The predicted molar refractivity (Wildman–Crippen MR) is 120 cm³/mol. The summed E-state index contributed by atoms with van der Waals surface area (Å²) in [6, 6.07) is 0. The van der Waals surface area contributed by atoms with Crippen LogP contribution in [0.5, 0.6) is 0 Å². The van der Waals surface area contributed by atoms with Gasteiger partial charge in [0.05, 0.1) is 13.7 Å². The molecule has 1 aliphatic rings. The molecular formula is C18H35ClN2O2PS2+. The Morgan fingerprint density at radius 1 is 1.08 bits per heavy atom. The highest BCUT2D eigenvalue weighted by molar-refractivity contribution is 8.03. The Hall–Kier alpha value is 0.420. The van der Waals surface area contributed by atoms with Crippen LogP contribution in [0.2, 0.25) is 0 Å². The minimum absolute atomic E-state index is 0.470. The Kier molecular flexibility index (Phi) is 12.8. The summed E-state index contributed by atoms with van der Waals surface area (Å²) in [6.07, 6.45) is 9.47. The molecule has 0 spiro atoms. The van der Waals surface area contributed by atoms with Crippen LogP contribution in [0.1, 0.15) is 72.1 Å². The van der Waals surface area contributed by atoms with E-state index in [4.69, 9.17) is 37.6 Å². The fraction of sp³-hybridized carbons (Fsp3) is 0.833. The Morgan fingerprint density at radius 2 is 1.73 bits per heavy atom. The molecule has 2 unspecified atom stereocenters. The van der Waals surface area contributed by atoms with Crippen LogP contribution in [-0.4, -0.2) is 36.4 Å². The molecule has 0 saturated heterocycles. The number of unbranched alkanes of at least 4 members (excludes halogenated alkanes) is 6. The SMILES string of the molecule is CCCCCCO[PH](=S)OC1=N[N+](C)(CCCCCC)C(SCC)=C1Cl. The molecule has 0 aliphatic carbocycles. The monoisotopic (exact) mass is 441 g/mol. The number of hydrogen-bond donors (Lipinski definition) is 0.